The summed E-state index contributed by atoms with van der Waals surface area (Å²) < 4.78 is 0. The van der Waals surface area contributed by atoms with E-state index < -0.39 is 0 Å². The number of carbonyl (C=O) groups is 2. The van der Waals surface area contributed by atoms with Crippen molar-refractivity contribution in [3.05, 3.63) is 83.0 Å². The maximum atomic E-state index is 12.9. The molecule has 1 fully saturated rings. The molecule has 0 spiro atoms. The van der Waals surface area contributed by atoms with E-state index in [0.29, 0.717) is 17.1 Å². The van der Waals surface area contributed by atoms with Crippen LogP contribution in [0.5, 0.6) is 0 Å². The molecule has 31 heavy (non-hydrogen) atoms. The third-order valence-electron chi connectivity index (χ3n) is 5.19. The Labute approximate surface area is 186 Å². The Balaban J connectivity index is 1.39. The summed E-state index contributed by atoms with van der Waals surface area (Å²) in [6.07, 6.45) is 3.67. The summed E-state index contributed by atoms with van der Waals surface area (Å²) in [4.78, 5) is 30.2. The molecule has 6 heteroatoms. The van der Waals surface area contributed by atoms with Crippen molar-refractivity contribution in [3.63, 3.8) is 0 Å². The average Bonchev–Trinajstić information content (AvgIpc) is 3.62. The molecular formula is C25H25N3O2S. The number of aryl methyl sites for hydroxylation is 2. The Morgan fingerprint density at radius 3 is 2.58 bits per heavy atom. The molecule has 1 heterocycles. The maximum Gasteiger partial charge on any atom is 0.254 e. The molecule has 4 rings (SSSR count). The number of amides is 2. The summed E-state index contributed by atoms with van der Waals surface area (Å²) >= 11 is 1.51. The van der Waals surface area contributed by atoms with Crippen LogP contribution >= 0.6 is 11.8 Å². The largest absolute Gasteiger partial charge is 0.348 e. The number of anilines is 1. The quantitative estimate of drug-likeness (QED) is 0.544. The molecule has 3 aromatic rings. The molecule has 2 N–H and O–H groups in total. The lowest BCUT2D eigenvalue weighted by Gasteiger charge is -2.11. The molecule has 0 unspecified atom stereocenters. The van der Waals surface area contributed by atoms with E-state index in [4.69, 9.17) is 0 Å². The van der Waals surface area contributed by atoms with E-state index in [9.17, 15) is 9.59 Å². The zero-order valence-electron chi connectivity index (χ0n) is 17.6. The summed E-state index contributed by atoms with van der Waals surface area (Å²) in [5.41, 5.74) is 4.63. The van der Waals surface area contributed by atoms with E-state index in [0.717, 1.165) is 34.6 Å². The normalized spacial score (nSPS) is 13.0. The Morgan fingerprint density at radius 1 is 1.06 bits per heavy atom. The van der Waals surface area contributed by atoms with Gasteiger partial charge in [-0.1, -0.05) is 36.0 Å². The number of nitrogens with one attached hydrogen (secondary N) is 2. The topological polar surface area (TPSA) is 71.1 Å². The van der Waals surface area contributed by atoms with E-state index in [2.05, 4.69) is 47.7 Å². The van der Waals surface area contributed by atoms with Gasteiger partial charge in [-0.25, -0.2) is 4.98 Å². The molecular weight excluding hydrogens is 406 g/mol. The smallest absolute Gasteiger partial charge is 0.254 e. The van der Waals surface area contributed by atoms with Crippen LogP contribution in [0.2, 0.25) is 0 Å². The fourth-order valence-corrected chi connectivity index (χ4v) is 4.21. The van der Waals surface area contributed by atoms with Crippen molar-refractivity contribution in [1.29, 1.82) is 0 Å². The van der Waals surface area contributed by atoms with Gasteiger partial charge in [0.2, 0.25) is 5.91 Å². The van der Waals surface area contributed by atoms with Gasteiger partial charge in [-0.3, -0.25) is 9.59 Å². The first-order chi connectivity index (χ1) is 15.0. The van der Waals surface area contributed by atoms with Gasteiger partial charge in [-0.15, -0.1) is 0 Å². The fourth-order valence-electron chi connectivity index (χ4n) is 3.14. The second kappa shape index (κ2) is 9.35. The summed E-state index contributed by atoms with van der Waals surface area (Å²) in [6, 6.07) is 17.4. The monoisotopic (exact) mass is 431 g/mol. The van der Waals surface area contributed by atoms with Gasteiger partial charge in [0.1, 0.15) is 5.03 Å². The van der Waals surface area contributed by atoms with Crippen molar-refractivity contribution < 1.29 is 9.59 Å². The van der Waals surface area contributed by atoms with Crippen molar-refractivity contribution in [3.8, 4) is 0 Å². The number of carbonyl (C=O) groups excluding carboxylic acids is 2. The highest BCUT2D eigenvalue weighted by Gasteiger charge is 2.29. The third kappa shape index (κ3) is 5.52. The van der Waals surface area contributed by atoms with Crippen molar-refractivity contribution in [1.82, 2.24) is 10.3 Å². The molecule has 2 amide bonds. The zero-order chi connectivity index (χ0) is 21.8. The van der Waals surface area contributed by atoms with Crippen LogP contribution in [0.3, 0.4) is 0 Å². The first kappa shape index (κ1) is 21.1. The predicted molar refractivity (Wildman–Crippen MR) is 123 cm³/mol. The number of nitrogens with zero attached hydrogens (tertiary/aromatic N) is 1. The molecule has 0 bridgehead atoms. The highest BCUT2D eigenvalue weighted by molar-refractivity contribution is 7.99. The zero-order valence-corrected chi connectivity index (χ0v) is 18.5. The van der Waals surface area contributed by atoms with E-state index >= 15 is 0 Å². The Bertz CT molecular complexity index is 1110. The second-order valence-corrected chi connectivity index (χ2v) is 8.90. The molecule has 1 aliphatic rings. The van der Waals surface area contributed by atoms with Gasteiger partial charge in [0.25, 0.3) is 5.91 Å². The minimum atomic E-state index is -0.160. The molecule has 0 atom stereocenters. The standard InChI is InChI=1S/C25H25N3O2S/c1-16-5-6-17(2)22(14-16)31-25-21(4-3-13-26-25)24(30)27-15-18-7-11-20(12-8-18)28-23(29)19-9-10-19/h3-8,11-14,19H,9-10,15H2,1-2H3,(H,27,30)(H,28,29). The highest BCUT2D eigenvalue weighted by Crippen LogP contribution is 2.32. The number of hydrogen-bond donors (Lipinski definition) is 2. The van der Waals surface area contributed by atoms with Gasteiger partial charge in [-0.05, 0) is 73.7 Å². The van der Waals surface area contributed by atoms with E-state index in [1.807, 2.05) is 24.3 Å². The molecule has 0 radical (unpaired) electrons. The second-order valence-electron chi connectivity index (χ2n) is 7.87. The Kier molecular flexibility index (Phi) is 6.37. The minimum Gasteiger partial charge on any atom is -0.348 e. The fraction of sp³-hybridized carbons (Fsp3) is 0.240. The molecule has 0 saturated heterocycles. The Hall–Kier alpha value is -3.12. The van der Waals surface area contributed by atoms with Gasteiger partial charge >= 0.3 is 0 Å². The molecule has 2 aromatic carbocycles. The van der Waals surface area contributed by atoms with Gasteiger partial charge in [0.15, 0.2) is 0 Å². The van der Waals surface area contributed by atoms with Gasteiger partial charge in [0, 0.05) is 29.2 Å². The molecule has 1 aromatic heterocycles. The average molecular weight is 432 g/mol. The third-order valence-corrected chi connectivity index (χ3v) is 6.37. The SMILES string of the molecule is Cc1ccc(C)c(Sc2ncccc2C(=O)NCc2ccc(NC(=O)C3CC3)cc2)c1. The lowest BCUT2D eigenvalue weighted by Crippen LogP contribution is -2.23. The molecule has 1 aliphatic carbocycles. The Morgan fingerprint density at radius 2 is 1.84 bits per heavy atom. The van der Waals surface area contributed by atoms with Crippen molar-refractivity contribution >= 4 is 29.3 Å². The maximum absolute atomic E-state index is 12.9. The lowest BCUT2D eigenvalue weighted by molar-refractivity contribution is -0.117. The lowest BCUT2D eigenvalue weighted by atomic mass is 10.2. The van der Waals surface area contributed by atoms with Crippen LogP contribution in [0.1, 0.15) is 39.9 Å². The number of pyridine rings is 1. The van der Waals surface area contributed by atoms with E-state index in [1.54, 1.807) is 18.3 Å². The summed E-state index contributed by atoms with van der Waals surface area (Å²) in [5.74, 6) is 0.104. The van der Waals surface area contributed by atoms with Crippen molar-refractivity contribution in [2.24, 2.45) is 5.92 Å². The van der Waals surface area contributed by atoms with Crippen molar-refractivity contribution in [2.45, 2.75) is 43.2 Å². The van der Waals surface area contributed by atoms with Gasteiger partial charge in [0.05, 0.1) is 5.56 Å². The van der Waals surface area contributed by atoms with Gasteiger partial charge < -0.3 is 10.6 Å². The van der Waals surface area contributed by atoms with Crippen LogP contribution in [0.25, 0.3) is 0 Å². The summed E-state index contributed by atoms with van der Waals surface area (Å²) in [7, 11) is 0. The number of aromatic nitrogens is 1. The van der Waals surface area contributed by atoms with Crippen LogP contribution in [0, 0.1) is 19.8 Å². The van der Waals surface area contributed by atoms with Crippen LogP contribution in [-0.4, -0.2) is 16.8 Å². The van der Waals surface area contributed by atoms with E-state index in [-0.39, 0.29) is 17.7 Å². The molecule has 1 saturated carbocycles. The summed E-state index contributed by atoms with van der Waals surface area (Å²) in [6.45, 7) is 4.51. The van der Waals surface area contributed by atoms with E-state index in [1.165, 1.54) is 17.3 Å². The van der Waals surface area contributed by atoms with Gasteiger partial charge in [-0.2, -0.15) is 0 Å². The van der Waals surface area contributed by atoms with Crippen LogP contribution in [-0.2, 0) is 11.3 Å². The first-order valence-corrected chi connectivity index (χ1v) is 11.2. The predicted octanol–water partition coefficient (Wildman–Crippen LogP) is 5.13. The van der Waals surface area contributed by atoms with Crippen LogP contribution in [0.4, 0.5) is 5.69 Å². The number of hydrogen-bond acceptors (Lipinski definition) is 4. The minimum absolute atomic E-state index is 0.0894. The van der Waals surface area contributed by atoms with Crippen LogP contribution in [0.15, 0.2) is 70.7 Å². The highest BCUT2D eigenvalue weighted by atomic mass is 32.2. The molecule has 158 valence electrons. The molecule has 0 aliphatic heterocycles. The number of rotatable bonds is 7. The molecule has 5 nitrogen and oxygen atoms in total. The van der Waals surface area contributed by atoms with Crippen molar-refractivity contribution in [2.75, 3.05) is 5.32 Å². The number of benzene rings is 2. The van der Waals surface area contributed by atoms with Crippen LogP contribution < -0.4 is 10.6 Å². The summed E-state index contributed by atoms with van der Waals surface area (Å²) in [5, 5.41) is 6.59. The first-order valence-electron chi connectivity index (χ1n) is 10.4.